The van der Waals surface area contributed by atoms with Crippen LogP contribution >= 0.6 is 11.6 Å². The lowest BCUT2D eigenvalue weighted by atomic mass is 9.74. The van der Waals surface area contributed by atoms with Crippen molar-refractivity contribution < 1.29 is 23.9 Å². The third-order valence-electron chi connectivity index (χ3n) is 5.56. The van der Waals surface area contributed by atoms with Crippen LogP contribution in [0.25, 0.3) is 0 Å². The summed E-state index contributed by atoms with van der Waals surface area (Å²) in [6, 6.07) is 6.24. The maximum absolute atomic E-state index is 13.0. The Hall–Kier alpha value is -2.12. The molecule has 7 nitrogen and oxygen atoms in total. The number of benzene rings is 1. The molecule has 2 N–H and O–H groups in total. The van der Waals surface area contributed by atoms with E-state index in [-0.39, 0.29) is 5.78 Å². The Morgan fingerprint density at radius 3 is 2.53 bits per heavy atom. The summed E-state index contributed by atoms with van der Waals surface area (Å²) < 4.78 is 10.1. The number of halogens is 1. The van der Waals surface area contributed by atoms with Crippen molar-refractivity contribution >= 4 is 29.4 Å². The number of rotatable bonds is 8. The summed E-state index contributed by atoms with van der Waals surface area (Å²) in [5.41, 5.74) is 5.18. The number of nitrogens with zero attached hydrogens (tertiary/aromatic N) is 1. The second-order valence-electron chi connectivity index (χ2n) is 8.10. The summed E-state index contributed by atoms with van der Waals surface area (Å²) in [4.78, 5) is 39.0. The van der Waals surface area contributed by atoms with Gasteiger partial charge in [0.05, 0.1) is 0 Å². The maximum Gasteiger partial charge on any atom is 0.413 e. The van der Waals surface area contributed by atoms with Gasteiger partial charge in [-0.2, -0.15) is 0 Å². The van der Waals surface area contributed by atoms with Crippen molar-refractivity contribution in [2.24, 2.45) is 11.7 Å². The van der Waals surface area contributed by atoms with Crippen LogP contribution in [0.3, 0.4) is 0 Å². The van der Waals surface area contributed by atoms with Crippen molar-refractivity contribution in [3.63, 3.8) is 0 Å². The Kier molecular flexibility index (Phi) is 8.67. The van der Waals surface area contributed by atoms with Crippen LogP contribution in [0.5, 0.6) is 0 Å². The largest absolute Gasteiger partial charge is 0.427 e. The summed E-state index contributed by atoms with van der Waals surface area (Å²) in [5, 5.41) is 0.412. The number of ether oxygens (including phenoxy) is 2. The van der Waals surface area contributed by atoms with Crippen LogP contribution in [-0.4, -0.2) is 42.6 Å². The molecular formula is C22H31ClN2O5. The first kappa shape index (κ1) is 24.2. The fourth-order valence-corrected chi connectivity index (χ4v) is 4.05. The highest BCUT2D eigenvalue weighted by Gasteiger charge is 2.48. The molecule has 30 heavy (non-hydrogen) atoms. The molecule has 1 saturated carbocycles. The van der Waals surface area contributed by atoms with Crippen LogP contribution in [0.2, 0.25) is 5.02 Å². The van der Waals surface area contributed by atoms with Gasteiger partial charge in [-0.3, -0.25) is 14.5 Å². The van der Waals surface area contributed by atoms with Crippen molar-refractivity contribution in [2.45, 2.75) is 64.0 Å². The Morgan fingerprint density at radius 2 is 1.90 bits per heavy atom. The van der Waals surface area contributed by atoms with Gasteiger partial charge < -0.3 is 15.2 Å². The number of nitrogens with two attached hydrogens (primary N) is 1. The van der Waals surface area contributed by atoms with Crippen LogP contribution in [0.15, 0.2) is 24.3 Å². The number of ketones is 1. The molecule has 0 aliphatic heterocycles. The van der Waals surface area contributed by atoms with E-state index in [1.807, 2.05) is 13.8 Å². The van der Waals surface area contributed by atoms with Gasteiger partial charge in [0.1, 0.15) is 11.6 Å². The zero-order chi connectivity index (χ0) is 22.3. The number of amides is 1. The molecule has 1 aromatic carbocycles. The second-order valence-corrected chi connectivity index (χ2v) is 8.51. The highest BCUT2D eigenvalue weighted by atomic mass is 35.5. The fourth-order valence-electron chi connectivity index (χ4n) is 3.76. The van der Waals surface area contributed by atoms with E-state index in [1.165, 1.54) is 11.9 Å². The first-order valence-corrected chi connectivity index (χ1v) is 10.7. The monoisotopic (exact) mass is 438 g/mol. The normalized spacial score (nSPS) is 20.0. The first-order valence-electron chi connectivity index (χ1n) is 10.3. The number of hydrogen-bond acceptors (Lipinski definition) is 6. The number of esters is 1. The first-order chi connectivity index (χ1) is 14.2. The molecule has 2 rings (SSSR count). The van der Waals surface area contributed by atoms with Gasteiger partial charge in [0.25, 0.3) is 0 Å². The van der Waals surface area contributed by atoms with Gasteiger partial charge in [-0.25, -0.2) is 4.79 Å². The molecule has 1 fully saturated rings. The third kappa shape index (κ3) is 5.52. The number of carbonyl (C=O) groups excluding carboxylic acids is 3. The van der Waals surface area contributed by atoms with Gasteiger partial charge in [0, 0.05) is 24.1 Å². The van der Waals surface area contributed by atoms with E-state index in [0.717, 1.165) is 19.3 Å². The van der Waals surface area contributed by atoms with Crippen molar-refractivity contribution in [1.29, 1.82) is 0 Å². The molecule has 0 saturated heterocycles. The molecule has 0 spiro atoms. The van der Waals surface area contributed by atoms with Crippen molar-refractivity contribution in [1.82, 2.24) is 4.90 Å². The molecular weight excluding hydrogens is 408 g/mol. The summed E-state index contributed by atoms with van der Waals surface area (Å²) in [5.74, 6) is -0.293. The SMILES string of the molecule is CC(C)CC[C@H](N)C(=O)OCOC(=O)N(C)[C@]1(c2ccccc2Cl)CCCCC1=O. The Labute approximate surface area is 182 Å². The van der Waals surface area contributed by atoms with Crippen molar-refractivity contribution in [2.75, 3.05) is 13.8 Å². The molecule has 0 aromatic heterocycles. The summed E-state index contributed by atoms with van der Waals surface area (Å²) >= 11 is 6.38. The van der Waals surface area contributed by atoms with Crippen LogP contribution < -0.4 is 5.73 Å². The van der Waals surface area contributed by atoms with Gasteiger partial charge in [-0.1, -0.05) is 43.6 Å². The summed E-state index contributed by atoms with van der Waals surface area (Å²) in [6.07, 6.45) is 2.85. The number of likely N-dealkylation sites (N-methyl/N-ethyl adjacent to an activating group) is 1. The average Bonchev–Trinajstić information content (AvgIpc) is 2.72. The minimum absolute atomic E-state index is 0.0889. The summed E-state index contributed by atoms with van der Waals surface area (Å²) in [6.45, 7) is 3.51. The van der Waals surface area contributed by atoms with Gasteiger partial charge in [0.15, 0.2) is 5.78 Å². The minimum Gasteiger partial charge on any atom is -0.427 e. The quantitative estimate of drug-likeness (QED) is 0.486. The van der Waals surface area contributed by atoms with Crippen molar-refractivity contribution in [3.8, 4) is 0 Å². The van der Waals surface area contributed by atoms with Crippen LogP contribution in [0.4, 0.5) is 4.79 Å². The lowest BCUT2D eigenvalue weighted by Gasteiger charge is -2.43. The third-order valence-corrected chi connectivity index (χ3v) is 5.89. The Bertz CT molecular complexity index is 770. The van der Waals surface area contributed by atoms with Crippen molar-refractivity contribution in [3.05, 3.63) is 34.9 Å². The maximum atomic E-state index is 13.0. The number of hydrogen-bond donors (Lipinski definition) is 1. The van der Waals surface area contributed by atoms with Gasteiger partial charge >= 0.3 is 12.1 Å². The van der Waals surface area contributed by atoms with E-state index in [1.54, 1.807) is 24.3 Å². The van der Waals surface area contributed by atoms with E-state index in [9.17, 15) is 14.4 Å². The lowest BCUT2D eigenvalue weighted by Crippen LogP contribution is -2.54. The van der Waals surface area contributed by atoms with E-state index in [2.05, 4.69) is 0 Å². The smallest absolute Gasteiger partial charge is 0.413 e. The molecule has 1 aliphatic carbocycles. The van der Waals surface area contributed by atoms with Crippen LogP contribution in [0, 0.1) is 5.92 Å². The minimum atomic E-state index is -1.20. The predicted molar refractivity (Wildman–Crippen MR) is 114 cm³/mol. The van der Waals surface area contributed by atoms with Gasteiger partial charge in [0.2, 0.25) is 6.79 Å². The van der Waals surface area contributed by atoms with E-state index < -0.39 is 30.4 Å². The molecule has 166 valence electrons. The standard InChI is InChI=1S/C22H31ClN2O5/c1-15(2)11-12-18(24)20(27)29-14-30-21(28)25(3)22(13-7-6-10-19(22)26)16-8-4-5-9-17(16)23/h4-5,8-9,15,18H,6-7,10-14,24H2,1-3H3/t18-,22-/m0/s1. The highest BCUT2D eigenvalue weighted by Crippen LogP contribution is 2.42. The number of carbonyl (C=O) groups is 3. The molecule has 0 heterocycles. The Morgan fingerprint density at radius 1 is 1.20 bits per heavy atom. The lowest BCUT2D eigenvalue weighted by molar-refractivity contribution is -0.155. The Balaban J connectivity index is 2.06. The molecule has 0 bridgehead atoms. The topological polar surface area (TPSA) is 98.9 Å². The van der Waals surface area contributed by atoms with E-state index in [0.29, 0.717) is 35.8 Å². The predicted octanol–water partition coefficient (Wildman–Crippen LogP) is 4.01. The zero-order valence-electron chi connectivity index (χ0n) is 17.9. The van der Waals surface area contributed by atoms with Gasteiger partial charge in [-0.05, 0) is 44.1 Å². The number of Topliss-reactive ketones (excluding diaryl/α,β-unsaturated/α-hetero) is 1. The molecule has 1 aromatic rings. The van der Waals surface area contributed by atoms with Crippen LogP contribution in [0.1, 0.15) is 57.9 Å². The molecule has 0 radical (unpaired) electrons. The second kappa shape index (κ2) is 10.8. The summed E-state index contributed by atoms with van der Waals surface area (Å²) in [7, 11) is 1.51. The molecule has 1 amide bonds. The average molecular weight is 439 g/mol. The van der Waals surface area contributed by atoms with Crippen LogP contribution in [-0.2, 0) is 24.6 Å². The van der Waals surface area contributed by atoms with E-state index in [4.69, 9.17) is 26.8 Å². The molecule has 2 atom stereocenters. The highest BCUT2D eigenvalue weighted by molar-refractivity contribution is 6.31. The molecule has 1 aliphatic rings. The zero-order valence-corrected chi connectivity index (χ0v) is 18.6. The molecule has 8 heteroatoms. The van der Waals surface area contributed by atoms with Gasteiger partial charge in [-0.15, -0.1) is 0 Å². The fraction of sp³-hybridized carbons (Fsp3) is 0.591. The van der Waals surface area contributed by atoms with E-state index >= 15 is 0 Å². The molecule has 0 unspecified atom stereocenters.